The summed E-state index contributed by atoms with van der Waals surface area (Å²) >= 11 is 0. The highest BCUT2D eigenvalue weighted by atomic mass is 32.2. The van der Waals surface area contributed by atoms with Gasteiger partial charge in [-0.1, -0.05) is 6.07 Å². The highest BCUT2D eigenvalue weighted by Crippen LogP contribution is 2.25. The second-order valence-corrected chi connectivity index (χ2v) is 7.64. The van der Waals surface area contributed by atoms with Crippen LogP contribution in [-0.4, -0.2) is 31.5 Å². The molecule has 0 aliphatic carbocycles. The van der Waals surface area contributed by atoms with E-state index in [-0.39, 0.29) is 11.4 Å². The van der Waals surface area contributed by atoms with E-state index in [9.17, 15) is 8.42 Å². The number of benzene rings is 1. The standard InChI is InChI=1S/C18H21N3O3S/c1-13-11-17(14(2)10-16(13)24-3)25(22,23)20-8-7-18-19-12-15-6-4-5-9-21(15)18/h4-6,9-12,20H,7-8H2,1-3H3. The molecule has 0 spiro atoms. The zero-order valence-corrected chi connectivity index (χ0v) is 15.3. The maximum absolute atomic E-state index is 12.6. The molecule has 0 aliphatic heterocycles. The lowest BCUT2D eigenvalue weighted by Gasteiger charge is -2.12. The van der Waals surface area contributed by atoms with Gasteiger partial charge in [0.2, 0.25) is 10.0 Å². The Hall–Kier alpha value is -2.38. The van der Waals surface area contributed by atoms with Crippen molar-refractivity contribution < 1.29 is 13.2 Å². The van der Waals surface area contributed by atoms with Gasteiger partial charge in [0.1, 0.15) is 11.6 Å². The van der Waals surface area contributed by atoms with Crippen LogP contribution in [0.25, 0.3) is 5.52 Å². The van der Waals surface area contributed by atoms with Gasteiger partial charge >= 0.3 is 0 Å². The third kappa shape index (κ3) is 3.52. The Morgan fingerprint density at radius 3 is 2.76 bits per heavy atom. The summed E-state index contributed by atoms with van der Waals surface area (Å²) in [5, 5.41) is 0. The maximum atomic E-state index is 12.6. The number of imidazole rings is 1. The van der Waals surface area contributed by atoms with Crippen LogP contribution < -0.4 is 9.46 Å². The molecule has 0 saturated heterocycles. The summed E-state index contributed by atoms with van der Waals surface area (Å²) in [5.74, 6) is 1.50. The van der Waals surface area contributed by atoms with Crippen LogP contribution in [0.3, 0.4) is 0 Å². The smallest absolute Gasteiger partial charge is 0.240 e. The molecule has 132 valence electrons. The first-order chi connectivity index (χ1) is 11.9. The number of nitrogens with one attached hydrogen (secondary N) is 1. The van der Waals surface area contributed by atoms with Gasteiger partial charge in [-0.3, -0.25) is 0 Å². The number of hydrogen-bond acceptors (Lipinski definition) is 4. The van der Waals surface area contributed by atoms with Gasteiger partial charge < -0.3 is 9.14 Å². The molecule has 0 fully saturated rings. The molecular weight excluding hydrogens is 338 g/mol. The lowest BCUT2D eigenvalue weighted by Crippen LogP contribution is -2.27. The Kier molecular flexibility index (Phi) is 4.78. The predicted molar refractivity (Wildman–Crippen MR) is 96.6 cm³/mol. The summed E-state index contributed by atoms with van der Waals surface area (Å²) < 4.78 is 35.1. The van der Waals surface area contributed by atoms with E-state index in [0.717, 1.165) is 16.9 Å². The van der Waals surface area contributed by atoms with E-state index < -0.39 is 10.0 Å². The van der Waals surface area contributed by atoms with E-state index >= 15 is 0 Å². The van der Waals surface area contributed by atoms with E-state index in [1.54, 1.807) is 32.4 Å². The van der Waals surface area contributed by atoms with E-state index in [1.165, 1.54) is 0 Å². The van der Waals surface area contributed by atoms with Crippen LogP contribution in [0.4, 0.5) is 0 Å². The van der Waals surface area contributed by atoms with E-state index in [1.807, 2.05) is 35.7 Å². The van der Waals surface area contributed by atoms with Crippen molar-refractivity contribution in [1.82, 2.24) is 14.1 Å². The summed E-state index contributed by atoms with van der Waals surface area (Å²) in [6.07, 6.45) is 4.20. The first-order valence-electron chi connectivity index (χ1n) is 7.98. The van der Waals surface area contributed by atoms with Crippen molar-refractivity contribution in [2.75, 3.05) is 13.7 Å². The van der Waals surface area contributed by atoms with E-state index in [4.69, 9.17) is 4.74 Å². The summed E-state index contributed by atoms with van der Waals surface area (Å²) in [6, 6.07) is 9.21. The van der Waals surface area contributed by atoms with Crippen molar-refractivity contribution in [1.29, 1.82) is 0 Å². The summed E-state index contributed by atoms with van der Waals surface area (Å²) in [5.41, 5.74) is 2.43. The molecule has 25 heavy (non-hydrogen) atoms. The second-order valence-electron chi connectivity index (χ2n) is 5.91. The van der Waals surface area contributed by atoms with Gasteiger partial charge in [-0.15, -0.1) is 0 Å². The average Bonchev–Trinajstić information content (AvgIpc) is 2.99. The minimum atomic E-state index is -3.59. The number of pyridine rings is 1. The van der Waals surface area contributed by atoms with Crippen LogP contribution in [0.2, 0.25) is 0 Å². The summed E-state index contributed by atoms with van der Waals surface area (Å²) in [4.78, 5) is 4.63. The molecule has 0 amide bonds. The number of aryl methyl sites for hydroxylation is 2. The Bertz CT molecular complexity index is 1010. The molecule has 0 bridgehead atoms. The number of methoxy groups -OCH3 is 1. The number of nitrogens with zero attached hydrogens (tertiary/aromatic N) is 2. The molecule has 0 radical (unpaired) electrons. The Morgan fingerprint density at radius 1 is 1.20 bits per heavy atom. The molecule has 6 nitrogen and oxygen atoms in total. The zero-order chi connectivity index (χ0) is 18.0. The van der Waals surface area contributed by atoms with Gasteiger partial charge in [0.15, 0.2) is 0 Å². The van der Waals surface area contributed by atoms with E-state index in [2.05, 4.69) is 9.71 Å². The monoisotopic (exact) mass is 359 g/mol. The number of aromatic nitrogens is 2. The molecule has 3 aromatic rings. The molecule has 1 N–H and O–H groups in total. The Labute approximate surface area is 147 Å². The number of rotatable bonds is 6. The van der Waals surface area contributed by atoms with Crippen molar-refractivity contribution in [2.24, 2.45) is 0 Å². The van der Waals surface area contributed by atoms with Crippen LogP contribution >= 0.6 is 0 Å². The lowest BCUT2D eigenvalue weighted by molar-refractivity contribution is 0.411. The van der Waals surface area contributed by atoms with Gasteiger partial charge in [0, 0.05) is 19.2 Å². The fourth-order valence-electron chi connectivity index (χ4n) is 2.83. The molecule has 3 rings (SSSR count). The van der Waals surface area contributed by atoms with Gasteiger partial charge in [-0.05, 0) is 49.2 Å². The molecule has 0 atom stereocenters. The molecule has 2 aromatic heterocycles. The molecule has 0 aliphatic rings. The van der Waals surface area contributed by atoms with Crippen LogP contribution in [0, 0.1) is 13.8 Å². The molecule has 7 heteroatoms. The number of fused-ring (bicyclic) bond motifs is 1. The van der Waals surface area contributed by atoms with Crippen molar-refractivity contribution in [3.8, 4) is 5.75 Å². The minimum Gasteiger partial charge on any atom is -0.496 e. The van der Waals surface area contributed by atoms with Crippen LogP contribution in [0.15, 0.2) is 47.6 Å². The van der Waals surface area contributed by atoms with Crippen LogP contribution in [0.5, 0.6) is 5.75 Å². The SMILES string of the molecule is COc1cc(C)c(S(=O)(=O)NCCc2ncc3ccccn23)cc1C. The van der Waals surface area contributed by atoms with Crippen LogP contribution in [-0.2, 0) is 16.4 Å². The average molecular weight is 359 g/mol. The third-order valence-corrected chi connectivity index (χ3v) is 5.74. The number of hydrogen-bond donors (Lipinski definition) is 1. The van der Waals surface area contributed by atoms with Gasteiger partial charge in [-0.25, -0.2) is 18.1 Å². The van der Waals surface area contributed by atoms with Gasteiger partial charge in [-0.2, -0.15) is 0 Å². The summed E-state index contributed by atoms with van der Waals surface area (Å²) in [6.45, 7) is 3.87. The highest BCUT2D eigenvalue weighted by molar-refractivity contribution is 7.89. The molecule has 2 heterocycles. The van der Waals surface area contributed by atoms with Crippen molar-refractivity contribution in [2.45, 2.75) is 25.2 Å². The molecular formula is C18H21N3O3S. The largest absolute Gasteiger partial charge is 0.496 e. The van der Waals surface area contributed by atoms with Crippen LogP contribution in [0.1, 0.15) is 17.0 Å². The third-order valence-electron chi connectivity index (χ3n) is 4.14. The predicted octanol–water partition coefficient (Wildman–Crippen LogP) is 2.48. The number of sulfonamides is 1. The Balaban J connectivity index is 1.75. The fraction of sp³-hybridized carbons (Fsp3) is 0.278. The first kappa shape index (κ1) is 17.4. The maximum Gasteiger partial charge on any atom is 0.240 e. The normalized spacial score (nSPS) is 11.8. The van der Waals surface area contributed by atoms with Crippen molar-refractivity contribution >= 4 is 15.5 Å². The number of ether oxygens (including phenoxy) is 1. The minimum absolute atomic E-state index is 0.277. The summed E-state index contributed by atoms with van der Waals surface area (Å²) in [7, 11) is -2.02. The first-order valence-corrected chi connectivity index (χ1v) is 9.46. The van der Waals surface area contributed by atoms with Crippen molar-refractivity contribution in [3.63, 3.8) is 0 Å². The quantitative estimate of drug-likeness (QED) is 0.734. The second kappa shape index (κ2) is 6.85. The van der Waals surface area contributed by atoms with Gasteiger partial charge in [0.25, 0.3) is 0 Å². The lowest BCUT2D eigenvalue weighted by atomic mass is 10.1. The molecule has 1 aromatic carbocycles. The topological polar surface area (TPSA) is 72.7 Å². The molecule has 0 saturated carbocycles. The Morgan fingerprint density at radius 2 is 2.00 bits per heavy atom. The fourth-order valence-corrected chi connectivity index (χ4v) is 4.17. The zero-order valence-electron chi connectivity index (χ0n) is 14.5. The van der Waals surface area contributed by atoms with Gasteiger partial charge in [0.05, 0.1) is 23.7 Å². The van der Waals surface area contributed by atoms with Crippen molar-refractivity contribution in [3.05, 3.63) is 59.7 Å². The molecule has 0 unspecified atom stereocenters. The highest BCUT2D eigenvalue weighted by Gasteiger charge is 2.18. The van der Waals surface area contributed by atoms with E-state index in [0.29, 0.717) is 17.7 Å².